The van der Waals surface area contributed by atoms with Gasteiger partial charge in [0.05, 0.1) is 7.11 Å². The second kappa shape index (κ2) is 7.46. The summed E-state index contributed by atoms with van der Waals surface area (Å²) in [5.41, 5.74) is 3.49. The molecule has 0 fully saturated rings. The lowest BCUT2D eigenvalue weighted by Gasteiger charge is -2.17. The fourth-order valence-electron chi connectivity index (χ4n) is 2.51. The van der Waals surface area contributed by atoms with Gasteiger partial charge >= 0.3 is 0 Å². The summed E-state index contributed by atoms with van der Waals surface area (Å²) < 4.78 is 18.4. The van der Waals surface area contributed by atoms with Crippen molar-refractivity contribution in [2.24, 2.45) is 5.92 Å². The van der Waals surface area contributed by atoms with Crippen molar-refractivity contribution in [2.75, 3.05) is 13.0 Å². The molecule has 0 saturated carbocycles. The molecule has 0 saturated heterocycles. The third kappa shape index (κ3) is 4.47. The number of benzene rings is 2. The molecule has 0 heterocycles. The van der Waals surface area contributed by atoms with E-state index in [9.17, 15) is 4.39 Å². The van der Waals surface area contributed by atoms with Crippen molar-refractivity contribution in [1.29, 1.82) is 0 Å². The van der Waals surface area contributed by atoms with Gasteiger partial charge in [0.25, 0.3) is 0 Å². The first-order valence-corrected chi connectivity index (χ1v) is 7.59. The molecule has 2 aromatic carbocycles. The van der Waals surface area contributed by atoms with Crippen molar-refractivity contribution >= 4 is 11.6 Å². The van der Waals surface area contributed by atoms with Crippen LogP contribution in [0.4, 0.5) is 4.39 Å². The maximum absolute atomic E-state index is 13.0. The van der Waals surface area contributed by atoms with Gasteiger partial charge in [0, 0.05) is 5.88 Å². The van der Waals surface area contributed by atoms with E-state index < -0.39 is 0 Å². The van der Waals surface area contributed by atoms with E-state index in [-0.39, 0.29) is 5.82 Å². The lowest BCUT2D eigenvalue weighted by atomic mass is 9.93. The smallest absolute Gasteiger partial charge is 0.123 e. The van der Waals surface area contributed by atoms with Crippen molar-refractivity contribution in [3.05, 3.63) is 65.0 Å². The van der Waals surface area contributed by atoms with Crippen molar-refractivity contribution in [2.45, 2.75) is 19.8 Å². The molecule has 0 bridgehead atoms. The van der Waals surface area contributed by atoms with Crippen LogP contribution in [0.25, 0.3) is 0 Å². The van der Waals surface area contributed by atoms with Crippen LogP contribution < -0.4 is 4.74 Å². The normalized spacial score (nSPS) is 12.2. The Bertz CT molecular complexity index is 580. The SMILES string of the molecule is COc1ccc(C)cc1CC(CCl)Cc1ccc(F)cc1. The Hall–Kier alpha value is -1.54. The predicted octanol–water partition coefficient (Wildman–Crippen LogP) is 4.78. The molecule has 0 aliphatic heterocycles. The molecule has 112 valence electrons. The fourth-order valence-corrected chi connectivity index (χ4v) is 2.73. The molecule has 0 radical (unpaired) electrons. The van der Waals surface area contributed by atoms with E-state index in [0.717, 1.165) is 24.2 Å². The summed E-state index contributed by atoms with van der Waals surface area (Å²) in [7, 11) is 1.68. The summed E-state index contributed by atoms with van der Waals surface area (Å²) in [5, 5.41) is 0. The molecule has 1 atom stereocenters. The zero-order valence-corrected chi connectivity index (χ0v) is 13.2. The minimum Gasteiger partial charge on any atom is -0.496 e. The van der Waals surface area contributed by atoms with Crippen molar-refractivity contribution < 1.29 is 9.13 Å². The number of aryl methyl sites for hydroxylation is 1. The first-order valence-electron chi connectivity index (χ1n) is 7.06. The number of halogens is 2. The molecule has 1 unspecified atom stereocenters. The van der Waals surface area contributed by atoms with E-state index in [4.69, 9.17) is 16.3 Å². The first-order chi connectivity index (χ1) is 10.1. The number of rotatable bonds is 6. The highest BCUT2D eigenvalue weighted by Gasteiger charge is 2.13. The van der Waals surface area contributed by atoms with E-state index in [2.05, 4.69) is 13.0 Å². The Morgan fingerprint density at radius 1 is 1.10 bits per heavy atom. The zero-order valence-electron chi connectivity index (χ0n) is 12.4. The Balaban J connectivity index is 2.11. The summed E-state index contributed by atoms with van der Waals surface area (Å²) in [4.78, 5) is 0. The van der Waals surface area contributed by atoms with Crippen LogP contribution in [0, 0.1) is 18.7 Å². The van der Waals surface area contributed by atoms with Crippen LogP contribution in [0.15, 0.2) is 42.5 Å². The van der Waals surface area contributed by atoms with Gasteiger partial charge in [-0.3, -0.25) is 0 Å². The van der Waals surface area contributed by atoms with Crippen LogP contribution in [0.5, 0.6) is 5.75 Å². The number of hydrogen-bond donors (Lipinski definition) is 0. The van der Waals surface area contributed by atoms with Crippen LogP contribution >= 0.6 is 11.6 Å². The van der Waals surface area contributed by atoms with Gasteiger partial charge in [-0.05, 0) is 55.0 Å². The molecule has 0 aliphatic carbocycles. The average Bonchev–Trinajstić information content (AvgIpc) is 2.49. The van der Waals surface area contributed by atoms with E-state index in [0.29, 0.717) is 11.8 Å². The number of alkyl halides is 1. The molecule has 1 nitrogen and oxygen atoms in total. The molecule has 21 heavy (non-hydrogen) atoms. The molecule has 0 spiro atoms. The third-order valence-corrected chi connectivity index (χ3v) is 4.04. The average molecular weight is 307 g/mol. The molecule has 2 aromatic rings. The van der Waals surface area contributed by atoms with Gasteiger partial charge in [-0.15, -0.1) is 11.6 Å². The summed E-state index contributed by atoms with van der Waals surface area (Å²) >= 11 is 6.12. The lowest BCUT2D eigenvalue weighted by Crippen LogP contribution is -2.11. The highest BCUT2D eigenvalue weighted by Crippen LogP contribution is 2.25. The highest BCUT2D eigenvalue weighted by atomic mass is 35.5. The van der Waals surface area contributed by atoms with Gasteiger partial charge < -0.3 is 4.74 Å². The summed E-state index contributed by atoms with van der Waals surface area (Å²) in [6.07, 6.45) is 1.69. The van der Waals surface area contributed by atoms with E-state index in [1.807, 2.05) is 24.3 Å². The summed E-state index contributed by atoms with van der Waals surface area (Å²) in [6, 6.07) is 12.8. The van der Waals surface area contributed by atoms with Crippen LogP contribution in [-0.4, -0.2) is 13.0 Å². The van der Waals surface area contributed by atoms with E-state index >= 15 is 0 Å². The van der Waals surface area contributed by atoms with Gasteiger partial charge in [-0.2, -0.15) is 0 Å². The largest absolute Gasteiger partial charge is 0.496 e. The molecular weight excluding hydrogens is 287 g/mol. The van der Waals surface area contributed by atoms with Gasteiger partial charge in [0.1, 0.15) is 11.6 Å². The Morgan fingerprint density at radius 3 is 2.43 bits per heavy atom. The van der Waals surface area contributed by atoms with Gasteiger partial charge in [-0.25, -0.2) is 4.39 Å². The summed E-state index contributed by atoms with van der Waals surface area (Å²) in [6.45, 7) is 2.07. The van der Waals surface area contributed by atoms with Crippen molar-refractivity contribution in [3.63, 3.8) is 0 Å². The number of methoxy groups -OCH3 is 1. The predicted molar refractivity (Wildman–Crippen MR) is 85.7 cm³/mol. The zero-order chi connectivity index (χ0) is 15.2. The summed E-state index contributed by atoms with van der Waals surface area (Å²) in [5.74, 6) is 1.55. The van der Waals surface area contributed by atoms with Gasteiger partial charge in [0.2, 0.25) is 0 Å². The lowest BCUT2D eigenvalue weighted by molar-refractivity contribution is 0.405. The Labute approximate surface area is 130 Å². The molecule has 0 amide bonds. The maximum Gasteiger partial charge on any atom is 0.123 e. The minimum atomic E-state index is -0.207. The van der Waals surface area contributed by atoms with Crippen LogP contribution in [0.1, 0.15) is 16.7 Å². The molecular formula is C18H20ClFO. The quantitative estimate of drug-likeness (QED) is 0.698. The Kier molecular flexibility index (Phi) is 5.63. The van der Waals surface area contributed by atoms with Crippen LogP contribution in [-0.2, 0) is 12.8 Å². The monoisotopic (exact) mass is 306 g/mol. The second-order valence-electron chi connectivity index (χ2n) is 5.37. The third-order valence-electron chi connectivity index (χ3n) is 3.60. The van der Waals surface area contributed by atoms with Gasteiger partial charge in [0.15, 0.2) is 0 Å². The maximum atomic E-state index is 13.0. The van der Waals surface area contributed by atoms with Crippen molar-refractivity contribution in [1.82, 2.24) is 0 Å². The number of ether oxygens (including phenoxy) is 1. The molecule has 0 aliphatic rings. The topological polar surface area (TPSA) is 9.23 Å². The molecule has 2 rings (SSSR count). The highest BCUT2D eigenvalue weighted by molar-refractivity contribution is 6.18. The van der Waals surface area contributed by atoms with E-state index in [1.165, 1.54) is 23.3 Å². The van der Waals surface area contributed by atoms with E-state index in [1.54, 1.807) is 7.11 Å². The molecule has 3 heteroatoms. The first kappa shape index (κ1) is 15.8. The van der Waals surface area contributed by atoms with Crippen molar-refractivity contribution in [3.8, 4) is 5.75 Å². The van der Waals surface area contributed by atoms with Crippen LogP contribution in [0.2, 0.25) is 0 Å². The minimum absolute atomic E-state index is 0.207. The fraction of sp³-hybridized carbons (Fsp3) is 0.333. The molecule has 0 aromatic heterocycles. The van der Waals surface area contributed by atoms with Gasteiger partial charge in [-0.1, -0.05) is 29.8 Å². The second-order valence-corrected chi connectivity index (χ2v) is 5.68. The Morgan fingerprint density at radius 2 is 1.81 bits per heavy atom. The van der Waals surface area contributed by atoms with Crippen LogP contribution in [0.3, 0.4) is 0 Å². The molecule has 0 N–H and O–H groups in total. The standard InChI is InChI=1S/C18H20ClFO/c1-13-3-8-18(21-2)16(9-13)11-15(12-19)10-14-4-6-17(20)7-5-14/h3-9,15H,10-12H2,1-2H3. The number of hydrogen-bond acceptors (Lipinski definition) is 1.